The van der Waals surface area contributed by atoms with Crippen LogP contribution in [0.25, 0.3) is 0 Å². The Bertz CT molecular complexity index is 866. The highest BCUT2D eigenvalue weighted by Crippen LogP contribution is 2.19. The van der Waals surface area contributed by atoms with Crippen LogP contribution >= 0.6 is 15.9 Å². The van der Waals surface area contributed by atoms with Gasteiger partial charge in [-0.25, -0.2) is 13.1 Å². The van der Waals surface area contributed by atoms with Gasteiger partial charge >= 0.3 is 0 Å². The number of carbonyl (C=O) groups excluding carboxylic acids is 1. The number of rotatable bonds is 6. The van der Waals surface area contributed by atoms with Gasteiger partial charge in [-0.2, -0.15) is 0 Å². The number of sulfonamides is 1. The minimum absolute atomic E-state index is 0.158. The number of hydrogen-bond acceptors (Lipinski definition) is 3. The van der Waals surface area contributed by atoms with E-state index in [0.717, 1.165) is 28.6 Å². The highest BCUT2D eigenvalue weighted by molar-refractivity contribution is 9.10. The molecule has 25 heavy (non-hydrogen) atoms. The molecule has 0 saturated carbocycles. The normalized spacial score (nSPS) is 14.9. The Morgan fingerprint density at radius 1 is 1.04 bits per heavy atom. The highest BCUT2D eigenvalue weighted by atomic mass is 79.9. The Hall–Kier alpha value is -1.70. The lowest BCUT2D eigenvalue weighted by Crippen LogP contribution is -2.27. The number of carbonyl (C=O) groups is 1. The highest BCUT2D eigenvalue weighted by Gasteiger charge is 2.21. The first-order valence-electron chi connectivity index (χ1n) is 8.05. The number of nitrogens with one attached hydrogen (secondary N) is 1. The summed E-state index contributed by atoms with van der Waals surface area (Å²) in [6, 6.07) is 14.1. The molecule has 5 nitrogen and oxygen atoms in total. The Labute approximate surface area is 156 Å². The summed E-state index contributed by atoms with van der Waals surface area (Å²) < 4.78 is 28.3. The predicted molar refractivity (Wildman–Crippen MR) is 99.3 cm³/mol. The molecule has 0 radical (unpaired) electrons. The minimum Gasteiger partial charge on any atom is -0.338 e. The lowest BCUT2D eigenvalue weighted by molar-refractivity contribution is -0.128. The summed E-state index contributed by atoms with van der Waals surface area (Å²) in [5, 5.41) is 0. The van der Waals surface area contributed by atoms with Crippen molar-refractivity contribution in [2.75, 3.05) is 6.54 Å². The van der Waals surface area contributed by atoms with Crippen molar-refractivity contribution >= 4 is 31.9 Å². The maximum atomic E-state index is 12.4. The second-order valence-electron chi connectivity index (χ2n) is 5.97. The molecule has 0 spiro atoms. The first-order valence-corrected chi connectivity index (χ1v) is 10.3. The van der Waals surface area contributed by atoms with E-state index in [1.54, 1.807) is 24.3 Å². The maximum Gasteiger partial charge on any atom is 0.240 e. The molecule has 0 unspecified atom stereocenters. The lowest BCUT2D eigenvalue weighted by atomic mass is 10.1. The van der Waals surface area contributed by atoms with Crippen molar-refractivity contribution in [3.8, 4) is 0 Å². The Kier molecular flexibility index (Phi) is 5.56. The van der Waals surface area contributed by atoms with Crippen LogP contribution in [0.15, 0.2) is 57.9 Å². The monoisotopic (exact) mass is 422 g/mol. The summed E-state index contributed by atoms with van der Waals surface area (Å²) in [6.07, 6.45) is 1.48. The van der Waals surface area contributed by atoms with Crippen molar-refractivity contribution in [3.63, 3.8) is 0 Å². The van der Waals surface area contributed by atoms with Crippen LogP contribution in [-0.2, 0) is 27.9 Å². The first kappa shape index (κ1) is 18.1. The van der Waals surface area contributed by atoms with Gasteiger partial charge in [-0.1, -0.05) is 40.2 Å². The molecule has 3 rings (SSSR count). The molecule has 2 aromatic rings. The standard InChI is InChI=1S/C18H19BrN2O3S/c19-16-7-9-17(10-8-16)25(23,24)20-12-14-4-1-2-5-15(14)13-21-11-3-6-18(21)22/h1-2,4-5,7-10,20H,3,6,11-13H2. The smallest absolute Gasteiger partial charge is 0.240 e. The van der Waals surface area contributed by atoms with Gasteiger partial charge in [0, 0.05) is 30.5 Å². The van der Waals surface area contributed by atoms with Crippen LogP contribution in [0.4, 0.5) is 0 Å². The predicted octanol–water partition coefficient (Wildman–Crippen LogP) is 3.05. The number of amides is 1. The van der Waals surface area contributed by atoms with E-state index in [0.29, 0.717) is 13.0 Å². The molecule has 2 aromatic carbocycles. The van der Waals surface area contributed by atoms with Crippen molar-refractivity contribution in [2.45, 2.75) is 30.8 Å². The first-order chi connectivity index (χ1) is 12.0. The molecule has 0 aromatic heterocycles. The van der Waals surface area contributed by atoms with E-state index in [1.807, 2.05) is 29.2 Å². The van der Waals surface area contributed by atoms with E-state index in [1.165, 1.54) is 0 Å². The quantitative estimate of drug-likeness (QED) is 0.777. The molecular weight excluding hydrogens is 404 g/mol. The molecule has 7 heteroatoms. The third-order valence-corrected chi connectivity index (χ3v) is 6.17. The molecule has 0 atom stereocenters. The summed E-state index contributed by atoms with van der Waals surface area (Å²) in [5.41, 5.74) is 1.85. The van der Waals surface area contributed by atoms with Crippen LogP contribution < -0.4 is 4.72 Å². The molecule has 132 valence electrons. The van der Waals surface area contributed by atoms with Crippen molar-refractivity contribution in [3.05, 3.63) is 64.1 Å². The van der Waals surface area contributed by atoms with Crippen LogP contribution in [0.1, 0.15) is 24.0 Å². The zero-order valence-corrected chi connectivity index (χ0v) is 16.0. The van der Waals surface area contributed by atoms with Gasteiger partial charge in [0.05, 0.1) is 4.90 Å². The van der Waals surface area contributed by atoms with Crippen LogP contribution in [0.5, 0.6) is 0 Å². The summed E-state index contributed by atoms with van der Waals surface area (Å²) in [7, 11) is -3.58. The Morgan fingerprint density at radius 3 is 2.36 bits per heavy atom. The third-order valence-electron chi connectivity index (χ3n) is 4.23. The third kappa shape index (κ3) is 4.48. The number of likely N-dealkylation sites (tertiary alicyclic amines) is 1. The molecule has 1 amide bonds. The molecule has 1 fully saturated rings. The molecular formula is C18H19BrN2O3S. The van der Waals surface area contributed by atoms with Gasteiger partial charge in [0.15, 0.2) is 0 Å². The molecule has 1 aliphatic heterocycles. The zero-order chi connectivity index (χ0) is 17.9. The van der Waals surface area contributed by atoms with E-state index < -0.39 is 10.0 Å². The number of hydrogen-bond donors (Lipinski definition) is 1. The summed E-state index contributed by atoms with van der Waals surface area (Å²) >= 11 is 3.30. The lowest BCUT2D eigenvalue weighted by Gasteiger charge is -2.18. The van der Waals surface area contributed by atoms with E-state index in [-0.39, 0.29) is 17.3 Å². The maximum absolute atomic E-state index is 12.4. The van der Waals surface area contributed by atoms with Gasteiger partial charge in [-0.15, -0.1) is 0 Å². The number of halogens is 1. The van der Waals surface area contributed by atoms with Gasteiger partial charge < -0.3 is 4.90 Å². The van der Waals surface area contributed by atoms with Gasteiger partial charge in [0.1, 0.15) is 0 Å². The van der Waals surface area contributed by atoms with E-state index in [2.05, 4.69) is 20.7 Å². The van der Waals surface area contributed by atoms with Crippen molar-refractivity contribution in [1.29, 1.82) is 0 Å². The van der Waals surface area contributed by atoms with Gasteiger partial charge in [-0.3, -0.25) is 4.79 Å². The van der Waals surface area contributed by atoms with Gasteiger partial charge in [-0.05, 0) is 41.8 Å². The topological polar surface area (TPSA) is 66.5 Å². The van der Waals surface area contributed by atoms with Crippen LogP contribution in [-0.4, -0.2) is 25.8 Å². The minimum atomic E-state index is -3.58. The van der Waals surface area contributed by atoms with Crippen LogP contribution in [0.3, 0.4) is 0 Å². The number of benzene rings is 2. The van der Waals surface area contributed by atoms with Crippen molar-refractivity contribution < 1.29 is 13.2 Å². The average molecular weight is 423 g/mol. The fourth-order valence-electron chi connectivity index (χ4n) is 2.83. The SMILES string of the molecule is O=C1CCCN1Cc1ccccc1CNS(=O)(=O)c1ccc(Br)cc1. The fourth-order valence-corrected chi connectivity index (χ4v) is 4.10. The molecule has 1 saturated heterocycles. The Balaban J connectivity index is 1.72. The average Bonchev–Trinajstić information content (AvgIpc) is 2.99. The number of nitrogens with zero attached hydrogens (tertiary/aromatic N) is 1. The molecule has 0 aliphatic carbocycles. The van der Waals surface area contributed by atoms with Crippen molar-refractivity contribution in [2.24, 2.45) is 0 Å². The van der Waals surface area contributed by atoms with Crippen LogP contribution in [0, 0.1) is 0 Å². The summed E-state index contributed by atoms with van der Waals surface area (Å²) in [4.78, 5) is 13.9. The van der Waals surface area contributed by atoms with E-state index in [9.17, 15) is 13.2 Å². The second-order valence-corrected chi connectivity index (χ2v) is 8.65. The molecule has 0 bridgehead atoms. The molecule has 1 aliphatic rings. The zero-order valence-electron chi connectivity index (χ0n) is 13.6. The van der Waals surface area contributed by atoms with E-state index in [4.69, 9.17) is 0 Å². The summed E-state index contributed by atoms with van der Waals surface area (Å²) in [5.74, 6) is 0.158. The van der Waals surface area contributed by atoms with Crippen molar-refractivity contribution in [1.82, 2.24) is 9.62 Å². The van der Waals surface area contributed by atoms with Gasteiger partial charge in [0.2, 0.25) is 15.9 Å². The van der Waals surface area contributed by atoms with Gasteiger partial charge in [0.25, 0.3) is 0 Å². The molecule has 1 N–H and O–H groups in total. The largest absolute Gasteiger partial charge is 0.338 e. The second kappa shape index (κ2) is 7.68. The Morgan fingerprint density at radius 2 is 1.72 bits per heavy atom. The fraction of sp³-hybridized carbons (Fsp3) is 0.278. The van der Waals surface area contributed by atoms with Crippen LogP contribution in [0.2, 0.25) is 0 Å². The molecule has 1 heterocycles. The summed E-state index contributed by atoms with van der Waals surface area (Å²) in [6.45, 7) is 1.48. The van der Waals surface area contributed by atoms with E-state index >= 15 is 0 Å².